The Morgan fingerprint density at radius 3 is 2.56 bits per heavy atom. The topological polar surface area (TPSA) is 59.4 Å². The molecule has 0 aliphatic heterocycles. The Kier molecular flexibility index (Phi) is 4.66. The summed E-state index contributed by atoms with van der Waals surface area (Å²) in [4.78, 5) is 15.2. The maximum atomic E-state index is 11.3. The number of ether oxygens (including phenoxy) is 1. The summed E-state index contributed by atoms with van der Waals surface area (Å²) in [5.41, 5.74) is 0.942. The highest BCUT2D eigenvalue weighted by Gasteiger charge is 2.16. The second kappa shape index (κ2) is 6.00. The van der Waals surface area contributed by atoms with Crippen LogP contribution in [0, 0.1) is 6.92 Å². The number of aromatic hydroxyl groups is 1. The molecule has 4 nitrogen and oxygen atoms in total. The normalized spacial score (nSPS) is 9.56. The Hall–Kier alpha value is -2.10. The summed E-state index contributed by atoms with van der Waals surface area (Å²) in [6.45, 7) is 5.92. The maximum Gasteiger partial charge on any atom is 0.360 e. The molecule has 0 atom stereocenters. The molecule has 1 aromatic heterocycles. The number of esters is 1. The van der Waals surface area contributed by atoms with Crippen LogP contribution in [0.15, 0.2) is 24.4 Å². The van der Waals surface area contributed by atoms with Crippen molar-refractivity contribution in [3.05, 3.63) is 35.7 Å². The van der Waals surface area contributed by atoms with E-state index in [1.54, 1.807) is 12.3 Å². The average Bonchev–Trinajstić information content (AvgIpc) is 2.42. The minimum atomic E-state index is -0.638. The molecule has 0 bridgehead atoms. The third-order valence-electron chi connectivity index (χ3n) is 2.51. The summed E-state index contributed by atoms with van der Waals surface area (Å²) < 4.78 is 4.53. The molecule has 4 heteroatoms. The standard InChI is InChI=1S/C12H11NO3.C2H6/c1-7-4-3-5-8-9(7)6-13-10(11(8)14)12(15)16-2;1-2/h3-6,14H,1-2H3;1-2H3. The number of carbonyl (C=O) groups is 1. The fraction of sp³-hybridized carbons (Fsp3) is 0.286. The summed E-state index contributed by atoms with van der Waals surface area (Å²) in [5, 5.41) is 11.3. The molecule has 0 saturated heterocycles. The molecule has 0 radical (unpaired) electrons. The number of hydrogen-bond donors (Lipinski definition) is 1. The second-order valence-electron chi connectivity index (χ2n) is 3.48. The van der Waals surface area contributed by atoms with Gasteiger partial charge in [0.05, 0.1) is 7.11 Å². The molecule has 1 aromatic carbocycles. The molecule has 1 N–H and O–H groups in total. The van der Waals surface area contributed by atoms with Gasteiger partial charge >= 0.3 is 5.97 Å². The van der Waals surface area contributed by atoms with Gasteiger partial charge in [0, 0.05) is 17.0 Å². The predicted molar refractivity (Wildman–Crippen MR) is 70.8 cm³/mol. The third-order valence-corrected chi connectivity index (χ3v) is 2.51. The van der Waals surface area contributed by atoms with Gasteiger partial charge in [-0.25, -0.2) is 9.78 Å². The fourth-order valence-electron chi connectivity index (χ4n) is 1.62. The minimum absolute atomic E-state index is 0.0550. The van der Waals surface area contributed by atoms with Crippen LogP contribution in [0.5, 0.6) is 5.75 Å². The van der Waals surface area contributed by atoms with E-state index in [4.69, 9.17) is 0 Å². The molecule has 1 heterocycles. The Morgan fingerprint density at radius 1 is 1.28 bits per heavy atom. The van der Waals surface area contributed by atoms with Crippen LogP contribution in [-0.2, 0) is 4.74 Å². The summed E-state index contributed by atoms with van der Waals surface area (Å²) in [6.07, 6.45) is 1.57. The van der Waals surface area contributed by atoms with Crippen LogP contribution in [0.4, 0.5) is 0 Å². The number of fused-ring (bicyclic) bond motifs is 1. The van der Waals surface area contributed by atoms with Gasteiger partial charge < -0.3 is 9.84 Å². The Labute approximate surface area is 106 Å². The van der Waals surface area contributed by atoms with Crippen LogP contribution in [0.25, 0.3) is 10.8 Å². The summed E-state index contributed by atoms with van der Waals surface area (Å²) in [5.74, 6) is -0.769. The minimum Gasteiger partial charge on any atom is -0.505 e. The molecule has 0 amide bonds. The zero-order chi connectivity index (χ0) is 13.7. The van der Waals surface area contributed by atoms with Crippen LogP contribution in [0.3, 0.4) is 0 Å². The quantitative estimate of drug-likeness (QED) is 0.787. The number of carbonyl (C=O) groups excluding carboxylic acids is 1. The number of aryl methyl sites for hydroxylation is 1. The van der Waals surface area contributed by atoms with E-state index in [-0.39, 0.29) is 11.4 Å². The van der Waals surface area contributed by atoms with Crippen molar-refractivity contribution in [1.29, 1.82) is 0 Å². The van der Waals surface area contributed by atoms with Gasteiger partial charge in [0.2, 0.25) is 0 Å². The molecule has 96 valence electrons. The number of methoxy groups -OCH3 is 1. The number of nitrogens with zero attached hydrogens (tertiary/aromatic N) is 1. The largest absolute Gasteiger partial charge is 0.505 e. The van der Waals surface area contributed by atoms with Crippen molar-refractivity contribution < 1.29 is 14.6 Å². The lowest BCUT2D eigenvalue weighted by atomic mass is 10.1. The van der Waals surface area contributed by atoms with Crippen LogP contribution in [-0.4, -0.2) is 23.2 Å². The van der Waals surface area contributed by atoms with Crippen molar-refractivity contribution in [2.45, 2.75) is 20.8 Å². The Bertz CT molecular complexity index is 564. The van der Waals surface area contributed by atoms with Crippen LogP contribution in [0.2, 0.25) is 0 Å². The maximum absolute atomic E-state index is 11.3. The van der Waals surface area contributed by atoms with Crippen LogP contribution in [0.1, 0.15) is 29.9 Å². The first-order valence-corrected chi connectivity index (χ1v) is 5.80. The van der Waals surface area contributed by atoms with Crippen molar-refractivity contribution in [1.82, 2.24) is 4.98 Å². The van der Waals surface area contributed by atoms with Gasteiger partial charge in [-0.15, -0.1) is 0 Å². The molecule has 0 unspecified atom stereocenters. The number of aromatic nitrogens is 1. The molecule has 2 rings (SSSR count). The highest BCUT2D eigenvalue weighted by atomic mass is 16.5. The molecule has 0 aliphatic rings. The second-order valence-corrected chi connectivity index (χ2v) is 3.48. The first kappa shape index (κ1) is 14.0. The van der Waals surface area contributed by atoms with Crippen LogP contribution < -0.4 is 0 Å². The van der Waals surface area contributed by atoms with E-state index < -0.39 is 5.97 Å². The van der Waals surface area contributed by atoms with Gasteiger partial charge in [0.25, 0.3) is 0 Å². The molecule has 0 fully saturated rings. The highest BCUT2D eigenvalue weighted by Crippen LogP contribution is 2.28. The Balaban J connectivity index is 0.000000771. The molecule has 2 aromatic rings. The summed E-state index contributed by atoms with van der Waals surface area (Å²) >= 11 is 0. The lowest BCUT2D eigenvalue weighted by Gasteiger charge is -2.06. The predicted octanol–water partition coefficient (Wildman–Crippen LogP) is 3.06. The van der Waals surface area contributed by atoms with E-state index >= 15 is 0 Å². The first-order valence-electron chi connectivity index (χ1n) is 5.80. The molecule has 18 heavy (non-hydrogen) atoms. The van der Waals surface area contributed by atoms with Crippen LogP contribution >= 0.6 is 0 Å². The van der Waals surface area contributed by atoms with Gasteiger partial charge in [-0.2, -0.15) is 0 Å². The van der Waals surface area contributed by atoms with Gasteiger partial charge in [0.1, 0.15) is 0 Å². The van der Waals surface area contributed by atoms with Crippen molar-refractivity contribution >= 4 is 16.7 Å². The highest BCUT2D eigenvalue weighted by molar-refractivity contribution is 5.99. The van der Waals surface area contributed by atoms with Gasteiger partial charge in [-0.05, 0) is 12.5 Å². The Morgan fingerprint density at radius 2 is 1.94 bits per heavy atom. The first-order chi connectivity index (χ1) is 8.65. The zero-order valence-corrected chi connectivity index (χ0v) is 11.0. The van der Waals surface area contributed by atoms with Gasteiger partial charge in [-0.1, -0.05) is 32.0 Å². The van der Waals surface area contributed by atoms with Crippen molar-refractivity contribution in [2.24, 2.45) is 0 Å². The molecule has 0 aliphatic carbocycles. The zero-order valence-electron chi connectivity index (χ0n) is 11.0. The van der Waals surface area contributed by atoms with Gasteiger partial charge in [-0.3, -0.25) is 0 Å². The van der Waals surface area contributed by atoms with E-state index in [9.17, 15) is 9.90 Å². The summed E-state index contributed by atoms with van der Waals surface area (Å²) in [7, 11) is 1.25. The van der Waals surface area contributed by atoms with E-state index in [2.05, 4.69) is 9.72 Å². The number of benzene rings is 1. The number of pyridine rings is 1. The number of hydrogen-bond acceptors (Lipinski definition) is 4. The van der Waals surface area contributed by atoms with Crippen molar-refractivity contribution in [2.75, 3.05) is 7.11 Å². The van der Waals surface area contributed by atoms with Crippen molar-refractivity contribution in [3.63, 3.8) is 0 Å². The van der Waals surface area contributed by atoms with E-state index in [0.717, 1.165) is 10.9 Å². The molecule has 0 spiro atoms. The molecule has 0 saturated carbocycles. The lowest BCUT2D eigenvalue weighted by molar-refractivity contribution is 0.0591. The average molecular weight is 247 g/mol. The van der Waals surface area contributed by atoms with E-state index in [0.29, 0.717) is 5.39 Å². The van der Waals surface area contributed by atoms with E-state index in [1.807, 2.05) is 32.9 Å². The fourth-order valence-corrected chi connectivity index (χ4v) is 1.62. The van der Waals surface area contributed by atoms with E-state index in [1.165, 1.54) is 7.11 Å². The number of rotatable bonds is 1. The summed E-state index contributed by atoms with van der Waals surface area (Å²) in [6, 6.07) is 5.48. The smallest absolute Gasteiger partial charge is 0.360 e. The SMILES string of the molecule is CC.COC(=O)c1ncc2c(C)cccc2c1O. The monoisotopic (exact) mass is 247 g/mol. The van der Waals surface area contributed by atoms with Gasteiger partial charge in [0.15, 0.2) is 11.4 Å². The molecular weight excluding hydrogens is 230 g/mol. The lowest BCUT2D eigenvalue weighted by Crippen LogP contribution is -2.04. The van der Waals surface area contributed by atoms with Crippen molar-refractivity contribution in [3.8, 4) is 5.75 Å². The third kappa shape index (κ3) is 2.42. The molecular formula is C14H17NO3.